The van der Waals surface area contributed by atoms with E-state index in [1.54, 1.807) is 0 Å². The maximum Gasteiger partial charge on any atom is 0.174 e. The number of hydrogen-bond donors (Lipinski definition) is 2. The highest BCUT2D eigenvalue weighted by Crippen LogP contribution is 2.14. The molecule has 5 heteroatoms. The summed E-state index contributed by atoms with van der Waals surface area (Å²) in [5, 5.41) is 0.358. The molecule has 1 saturated heterocycles. The average Bonchev–Trinajstić information content (AvgIpc) is 2.34. The lowest BCUT2D eigenvalue weighted by atomic mass is 10.4. The third-order valence-electron chi connectivity index (χ3n) is 1.34. The first kappa shape index (κ1) is 8.10. The lowest BCUT2D eigenvalue weighted by Crippen LogP contribution is -2.27. The predicted octanol–water partition coefficient (Wildman–Crippen LogP) is 0.479. The van der Waals surface area contributed by atoms with Crippen LogP contribution in [0.25, 0.3) is 0 Å². The van der Waals surface area contributed by atoms with Crippen molar-refractivity contribution < 1.29 is 0 Å². The summed E-state index contributed by atoms with van der Waals surface area (Å²) in [6.45, 7) is 2.28. The van der Waals surface area contributed by atoms with E-state index in [2.05, 4.69) is 21.2 Å². The normalized spacial score (nSPS) is 19.2. The van der Waals surface area contributed by atoms with Crippen LogP contribution in [-0.4, -0.2) is 22.5 Å². The van der Waals surface area contributed by atoms with Gasteiger partial charge in [0.1, 0.15) is 0 Å². The Bertz CT molecular complexity index is 122. The standard InChI is InChI=1S/C5H11N3S2/c6-5(9)7-10-8-3-1-2-4-8/h1-4H2,(H3,6,7,9). The minimum absolute atomic E-state index is 0.358. The van der Waals surface area contributed by atoms with E-state index in [0.29, 0.717) is 5.11 Å². The fourth-order valence-corrected chi connectivity index (χ4v) is 1.66. The first-order valence-electron chi connectivity index (χ1n) is 3.26. The van der Waals surface area contributed by atoms with Crippen LogP contribution in [0.3, 0.4) is 0 Å². The molecule has 0 spiro atoms. The number of nitrogens with two attached hydrogens (primary N) is 1. The molecule has 3 N–H and O–H groups in total. The average molecular weight is 177 g/mol. The highest BCUT2D eigenvalue weighted by Gasteiger charge is 2.11. The van der Waals surface area contributed by atoms with Gasteiger partial charge in [-0.05, 0) is 25.1 Å². The molecule has 0 saturated carbocycles. The molecule has 0 aromatic rings. The molecule has 0 radical (unpaired) electrons. The van der Waals surface area contributed by atoms with Crippen LogP contribution in [0.15, 0.2) is 0 Å². The lowest BCUT2D eigenvalue weighted by molar-refractivity contribution is 0.585. The SMILES string of the molecule is NC(=S)NSN1CCCC1. The van der Waals surface area contributed by atoms with Crippen molar-refractivity contribution in [1.29, 1.82) is 0 Å². The van der Waals surface area contributed by atoms with Gasteiger partial charge in [-0.25, -0.2) is 4.31 Å². The van der Waals surface area contributed by atoms with Crippen molar-refractivity contribution in [3.05, 3.63) is 0 Å². The molecule has 1 heterocycles. The zero-order valence-electron chi connectivity index (χ0n) is 5.67. The van der Waals surface area contributed by atoms with E-state index in [1.807, 2.05) is 0 Å². The van der Waals surface area contributed by atoms with Crippen molar-refractivity contribution in [3.8, 4) is 0 Å². The Morgan fingerprint density at radius 3 is 2.60 bits per heavy atom. The smallest absolute Gasteiger partial charge is 0.174 e. The second-order valence-corrected chi connectivity index (χ2v) is 3.54. The van der Waals surface area contributed by atoms with Crippen molar-refractivity contribution in [2.75, 3.05) is 13.1 Å². The van der Waals surface area contributed by atoms with Crippen molar-refractivity contribution >= 4 is 29.5 Å². The van der Waals surface area contributed by atoms with E-state index in [9.17, 15) is 0 Å². The van der Waals surface area contributed by atoms with Gasteiger partial charge < -0.3 is 5.73 Å². The van der Waals surface area contributed by atoms with Crippen LogP contribution in [0.2, 0.25) is 0 Å². The number of nitrogens with zero attached hydrogens (tertiary/aromatic N) is 1. The van der Waals surface area contributed by atoms with Crippen LogP contribution in [0, 0.1) is 0 Å². The van der Waals surface area contributed by atoms with Gasteiger partial charge >= 0.3 is 0 Å². The van der Waals surface area contributed by atoms with Gasteiger partial charge in [-0.3, -0.25) is 4.72 Å². The molecule has 1 fully saturated rings. The van der Waals surface area contributed by atoms with Crippen LogP contribution in [0.4, 0.5) is 0 Å². The van der Waals surface area contributed by atoms with Crippen molar-refractivity contribution in [2.24, 2.45) is 5.73 Å². The summed E-state index contributed by atoms with van der Waals surface area (Å²) in [6, 6.07) is 0. The van der Waals surface area contributed by atoms with Gasteiger partial charge in [-0.2, -0.15) is 0 Å². The summed E-state index contributed by atoms with van der Waals surface area (Å²) in [5.74, 6) is 0. The van der Waals surface area contributed by atoms with E-state index < -0.39 is 0 Å². The van der Waals surface area contributed by atoms with Crippen LogP contribution in [0.5, 0.6) is 0 Å². The van der Waals surface area contributed by atoms with Crippen molar-refractivity contribution in [2.45, 2.75) is 12.8 Å². The number of thiocarbonyl (C=S) groups is 1. The van der Waals surface area contributed by atoms with Gasteiger partial charge in [0.05, 0.1) is 0 Å². The quantitative estimate of drug-likeness (QED) is 0.474. The maximum absolute atomic E-state index is 5.24. The molecular formula is C5H11N3S2. The molecule has 0 aliphatic carbocycles. The molecule has 58 valence electrons. The topological polar surface area (TPSA) is 41.3 Å². The molecule has 0 amide bonds. The van der Waals surface area contributed by atoms with Crippen molar-refractivity contribution in [3.63, 3.8) is 0 Å². The third-order valence-corrected chi connectivity index (χ3v) is 2.51. The fourth-order valence-electron chi connectivity index (χ4n) is 0.889. The molecule has 0 bridgehead atoms. The molecule has 1 aliphatic rings. The third kappa shape index (κ3) is 2.72. The molecule has 0 unspecified atom stereocenters. The minimum Gasteiger partial charge on any atom is -0.376 e. The van der Waals surface area contributed by atoms with Crippen LogP contribution < -0.4 is 10.5 Å². The first-order chi connectivity index (χ1) is 4.79. The fraction of sp³-hybridized carbons (Fsp3) is 0.800. The van der Waals surface area contributed by atoms with E-state index in [4.69, 9.17) is 5.73 Å². The maximum atomic E-state index is 5.24. The summed E-state index contributed by atoms with van der Waals surface area (Å²) >= 11 is 6.16. The zero-order chi connectivity index (χ0) is 7.40. The largest absolute Gasteiger partial charge is 0.376 e. The molecule has 3 nitrogen and oxygen atoms in total. The van der Waals surface area contributed by atoms with Gasteiger partial charge in [0.2, 0.25) is 0 Å². The number of rotatable bonds is 2. The van der Waals surface area contributed by atoms with Crippen LogP contribution in [-0.2, 0) is 0 Å². The Hall–Kier alpha value is -0.0000000000000000763. The Balaban J connectivity index is 2.07. The van der Waals surface area contributed by atoms with Crippen LogP contribution in [0.1, 0.15) is 12.8 Å². The van der Waals surface area contributed by atoms with Crippen LogP contribution >= 0.6 is 24.4 Å². The van der Waals surface area contributed by atoms with E-state index >= 15 is 0 Å². The van der Waals surface area contributed by atoms with E-state index in [1.165, 1.54) is 25.0 Å². The highest BCUT2D eigenvalue weighted by atomic mass is 32.2. The molecule has 0 atom stereocenters. The Labute approximate surface area is 70.6 Å². The van der Waals surface area contributed by atoms with Gasteiger partial charge in [0.15, 0.2) is 5.11 Å². The number of nitrogens with one attached hydrogen (secondary N) is 1. The Morgan fingerprint density at radius 2 is 2.10 bits per heavy atom. The minimum atomic E-state index is 0.358. The van der Waals surface area contributed by atoms with Gasteiger partial charge in [0, 0.05) is 25.2 Å². The molecule has 1 rings (SSSR count). The monoisotopic (exact) mass is 177 g/mol. The van der Waals surface area contributed by atoms with Gasteiger partial charge in [-0.15, -0.1) is 0 Å². The summed E-state index contributed by atoms with van der Waals surface area (Å²) in [5.41, 5.74) is 5.24. The number of hydrogen-bond acceptors (Lipinski definition) is 3. The molecule has 0 aromatic carbocycles. The second kappa shape index (κ2) is 4.00. The summed E-state index contributed by atoms with van der Waals surface area (Å²) in [4.78, 5) is 0. The molecular weight excluding hydrogens is 166 g/mol. The predicted molar refractivity (Wildman–Crippen MR) is 48.3 cm³/mol. The molecule has 10 heavy (non-hydrogen) atoms. The molecule has 0 aromatic heterocycles. The molecule has 1 aliphatic heterocycles. The Morgan fingerprint density at radius 1 is 1.50 bits per heavy atom. The van der Waals surface area contributed by atoms with Crippen molar-refractivity contribution in [1.82, 2.24) is 9.03 Å². The summed E-state index contributed by atoms with van der Waals surface area (Å²) in [6.07, 6.45) is 2.57. The highest BCUT2D eigenvalue weighted by molar-refractivity contribution is 7.96. The summed E-state index contributed by atoms with van der Waals surface area (Å²) < 4.78 is 5.06. The summed E-state index contributed by atoms with van der Waals surface area (Å²) in [7, 11) is 0. The first-order valence-corrected chi connectivity index (χ1v) is 4.44. The van der Waals surface area contributed by atoms with Gasteiger partial charge in [-0.1, -0.05) is 0 Å². The second-order valence-electron chi connectivity index (χ2n) is 2.19. The zero-order valence-corrected chi connectivity index (χ0v) is 7.30. The Kier molecular flexibility index (Phi) is 3.24. The van der Waals surface area contributed by atoms with Gasteiger partial charge in [0.25, 0.3) is 0 Å². The lowest BCUT2D eigenvalue weighted by Gasteiger charge is -2.12. The van der Waals surface area contributed by atoms with E-state index in [-0.39, 0.29) is 0 Å². The van der Waals surface area contributed by atoms with E-state index in [0.717, 1.165) is 13.1 Å².